The summed E-state index contributed by atoms with van der Waals surface area (Å²) in [5.74, 6) is 1.02. The van der Waals surface area contributed by atoms with Crippen molar-refractivity contribution >= 4 is 23.5 Å². The minimum Gasteiger partial charge on any atom is -0.354 e. The Balaban J connectivity index is 2.70. The lowest BCUT2D eigenvalue weighted by atomic mass is 9.90. The molecule has 6 heteroatoms. The van der Waals surface area contributed by atoms with Gasteiger partial charge in [0.2, 0.25) is 17.2 Å². The van der Waals surface area contributed by atoms with Crippen LogP contribution in [0.3, 0.4) is 0 Å². The van der Waals surface area contributed by atoms with Crippen LogP contribution in [-0.2, 0) is 0 Å². The smallest absolute Gasteiger partial charge is 0.228 e. The van der Waals surface area contributed by atoms with E-state index >= 15 is 0 Å². The summed E-state index contributed by atoms with van der Waals surface area (Å²) in [6, 6.07) is 0. The maximum Gasteiger partial charge on any atom is 0.228 e. The van der Waals surface area contributed by atoms with Crippen LogP contribution in [0.15, 0.2) is 0 Å². The average molecular weight is 258 g/mol. The summed E-state index contributed by atoms with van der Waals surface area (Å²) in [7, 11) is 0. The second-order valence-electron chi connectivity index (χ2n) is 4.65. The van der Waals surface area contributed by atoms with Crippen LogP contribution >= 0.6 is 11.6 Å². The number of hydrogen-bond acceptors (Lipinski definition) is 5. The highest BCUT2D eigenvalue weighted by molar-refractivity contribution is 6.28. The monoisotopic (exact) mass is 257 g/mol. The van der Waals surface area contributed by atoms with Crippen molar-refractivity contribution in [2.24, 2.45) is 5.41 Å². The van der Waals surface area contributed by atoms with Crippen LogP contribution in [0.1, 0.15) is 34.1 Å². The van der Waals surface area contributed by atoms with Crippen LogP contribution < -0.4 is 10.6 Å². The molecule has 0 spiro atoms. The molecule has 0 aliphatic rings. The highest BCUT2D eigenvalue weighted by atomic mass is 35.5. The summed E-state index contributed by atoms with van der Waals surface area (Å²) < 4.78 is 0. The lowest BCUT2D eigenvalue weighted by Crippen LogP contribution is -2.23. The molecule has 1 rings (SSSR count). The van der Waals surface area contributed by atoms with Gasteiger partial charge in [-0.2, -0.15) is 15.0 Å². The molecule has 5 nitrogen and oxygen atoms in total. The molecule has 0 atom stereocenters. The summed E-state index contributed by atoms with van der Waals surface area (Å²) in [5, 5.41) is 6.40. The maximum absolute atomic E-state index is 5.83. The fourth-order valence-corrected chi connectivity index (χ4v) is 1.27. The largest absolute Gasteiger partial charge is 0.354 e. The third kappa shape index (κ3) is 4.73. The lowest BCUT2D eigenvalue weighted by Gasteiger charge is -2.22. The Morgan fingerprint density at radius 2 is 1.65 bits per heavy atom. The Kier molecular flexibility index (Phi) is 4.93. The Morgan fingerprint density at radius 1 is 1.06 bits per heavy atom. The number of rotatable bonds is 6. The van der Waals surface area contributed by atoms with Gasteiger partial charge in [0.05, 0.1) is 0 Å². The number of nitrogens with zero attached hydrogens (tertiary/aromatic N) is 3. The molecular weight excluding hydrogens is 238 g/mol. The topological polar surface area (TPSA) is 62.7 Å². The van der Waals surface area contributed by atoms with Crippen LogP contribution in [0, 0.1) is 5.41 Å². The van der Waals surface area contributed by atoms with Crippen LogP contribution in [0.2, 0.25) is 5.28 Å². The zero-order valence-electron chi connectivity index (χ0n) is 10.8. The van der Waals surface area contributed by atoms with E-state index in [1.54, 1.807) is 0 Å². The van der Waals surface area contributed by atoms with E-state index < -0.39 is 0 Å². The van der Waals surface area contributed by atoms with Gasteiger partial charge in [0.25, 0.3) is 0 Å². The number of nitrogens with one attached hydrogen (secondary N) is 2. The van der Waals surface area contributed by atoms with Gasteiger partial charge in [-0.3, -0.25) is 0 Å². The molecule has 0 aromatic carbocycles. The van der Waals surface area contributed by atoms with Crippen LogP contribution in [0.4, 0.5) is 11.9 Å². The first-order chi connectivity index (χ1) is 7.96. The third-order valence-electron chi connectivity index (χ3n) is 2.63. The maximum atomic E-state index is 5.83. The van der Waals surface area contributed by atoms with Crippen molar-refractivity contribution in [3.63, 3.8) is 0 Å². The van der Waals surface area contributed by atoms with E-state index in [9.17, 15) is 0 Å². The number of hydrogen-bond donors (Lipinski definition) is 2. The predicted octanol–water partition coefficient (Wildman–Crippen LogP) is 2.80. The molecule has 0 unspecified atom stereocenters. The fraction of sp³-hybridized carbons (Fsp3) is 0.727. The summed E-state index contributed by atoms with van der Waals surface area (Å²) in [6.45, 7) is 10.1. The number of anilines is 2. The minimum atomic E-state index is 0.202. The van der Waals surface area contributed by atoms with E-state index in [1.165, 1.54) is 0 Å². The Morgan fingerprint density at radius 3 is 2.18 bits per heavy atom. The van der Waals surface area contributed by atoms with Crippen LogP contribution in [0.25, 0.3) is 0 Å². The van der Waals surface area contributed by atoms with Crippen molar-refractivity contribution in [1.82, 2.24) is 15.0 Å². The molecule has 0 fully saturated rings. The molecule has 0 amide bonds. The third-order valence-corrected chi connectivity index (χ3v) is 2.79. The van der Waals surface area contributed by atoms with E-state index in [1.807, 2.05) is 6.92 Å². The quantitative estimate of drug-likeness (QED) is 0.821. The average Bonchev–Trinajstić information content (AvgIpc) is 2.26. The SMILES string of the molecule is CCNc1nc(Cl)nc(NCC(C)(C)CC)n1. The Hall–Kier alpha value is -1.10. The van der Waals surface area contributed by atoms with Gasteiger partial charge in [-0.05, 0) is 30.4 Å². The molecule has 0 bridgehead atoms. The summed E-state index contributed by atoms with van der Waals surface area (Å²) in [5.41, 5.74) is 0.206. The van der Waals surface area contributed by atoms with E-state index in [2.05, 4.69) is 46.4 Å². The minimum absolute atomic E-state index is 0.202. The molecule has 2 N–H and O–H groups in total. The molecule has 1 aromatic rings. The molecule has 17 heavy (non-hydrogen) atoms. The molecule has 0 aliphatic carbocycles. The van der Waals surface area contributed by atoms with Gasteiger partial charge >= 0.3 is 0 Å². The molecule has 96 valence electrons. The first-order valence-electron chi connectivity index (χ1n) is 5.86. The lowest BCUT2D eigenvalue weighted by molar-refractivity contribution is 0.376. The molecular formula is C11H20ClN5. The van der Waals surface area contributed by atoms with Gasteiger partial charge in [0.15, 0.2) is 0 Å². The second kappa shape index (κ2) is 6.00. The van der Waals surface area contributed by atoms with Crippen molar-refractivity contribution in [2.75, 3.05) is 23.7 Å². The van der Waals surface area contributed by atoms with Gasteiger partial charge in [-0.1, -0.05) is 20.8 Å². The normalized spacial score (nSPS) is 11.4. The second-order valence-corrected chi connectivity index (χ2v) is 4.99. The molecule has 1 heterocycles. The summed E-state index contributed by atoms with van der Waals surface area (Å²) >= 11 is 5.83. The van der Waals surface area contributed by atoms with Crippen molar-refractivity contribution in [1.29, 1.82) is 0 Å². The summed E-state index contributed by atoms with van der Waals surface area (Å²) in [4.78, 5) is 12.3. The number of halogens is 1. The predicted molar refractivity (Wildman–Crippen MR) is 71.6 cm³/mol. The van der Waals surface area contributed by atoms with Crippen molar-refractivity contribution < 1.29 is 0 Å². The first-order valence-corrected chi connectivity index (χ1v) is 6.24. The molecule has 0 saturated heterocycles. The van der Waals surface area contributed by atoms with Crippen LogP contribution in [-0.4, -0.2) is 28.0 Å². The van der Waals surface area contributed by atoms with E-state index in [0.717, 1.165) is 19.5 Å². The molecule has 1 aromatic heterocycles. The Bertz CT molecular complexity index is 367. The Labute approximate surface area is 107 Å². The van der Waals surface area contributed by atoms with Gasteiger partial charge < -0.3 is 10.6 Å². The van der Waals surface area contributed by atoms with Crippen molar-refractivity contribution in [3.05, 3.63) is 5.28 Å². The van der Waals surface area contributed by atoms with E-state index in [-0.39, 0.29) is 10.7 Å². The van der Waals surface area contributed by atoms with Crippen molar-refractivity contribution in [2.45, 2.75) is 34.1 Å². The first kappa shape index (κ1) is 14.0. The zero-order valence-corrected chi connectivity index (χ0v) is 11.6. The molecule has 0 aliphatic heterocycles. The zero-order chi connectivity index (χ0) is 12.9. The van der Waals surface area contributed by atoms with Gasteiger partial charge in [0.1, 0.15) is 0 Å². The van der Waals surface area contributed by atoms with E-state index in [0.29, 0.717) is 11.9 Å². The van der Waals surface area contributed by atoms with E-state index in [4.69, 9.17) is 11.6 Å². The number of aromatic nitrogens is 3. The van der Waals surface area contributed by atoms with Crippen LogP contribution in [0.5, 0.6) is 0 Å². The standard InChI is InChI=1S/C11H20ClN5/c1-5-11(3,4)7-14-10-16-8(12)15-9(17-10)13-6-2/h5-7H2,1-4H3,(H2,13,14,15,16,17). The fourth-order valence-electron chi connectivity index (χ4n) is 1.11. The molecule has 0 saturated carbocycles. The van der Waals surface area contributed by atoms with Gasteiger partial charge in [0, 0.05) is 13.1 Å². The van der Waals surface area contributed by atoms with Gasteiger partial charge in [-0.25, -0.2) is 0 Å². The molecule has 0 radical (unpaired) electrons. The highest BCUT2D eigenvalue weighted by Gasteiger charge is 2.15. The summed E-state index contributed by atoms with van der Waals surface area (Å²) in [6.07, 6.45) is 1.08. The van der Waals surface area contributed by atoms with Crippen molar-refractivity contribution in [3.8, 4) is 0 Å². The van der Waals surface area contributed by atoms with Gasteiger partial charge in [-0.15, -0.1) is 0 Å². The highest BCUT2D eigenvalue weighted by Crippen LogP contribution is 2.20.